The van der Waals surface area contributed by atoms with Crippen LogP contribution in [0, 0.1) is 0 Å². The van der Waals surface area contributed by atoms with Gasteiger partial charge in [0.2, 0.25) is 5.91 Å². The Balaban J connectivity index is 3.68. The lowest BCUT2D eigenvalue weighted by Gasteiger charge is -2.19. The van der Waals surface area contributed by atoms with E-state index in [-0.39, 0.29) is 12.5 Å². The molecule has 0 heterocycles. The van der Waals surface area contributed by atoms with Gasteiger partial charge in [-0.25, -0.2) is 0 Å². The van der Waals surface area contributed by atoms with E-state index < -0.39 is 12.1 Å². The van der Waals surface area contributed by atoms with Gasteiger partial charge in [-0.2, -0.15) is 0 Å². The second-order valence-corrected chi connectivity index (χ2v) is 23.2. The number of allylic oxidation sites excluding steroid dienone is 29. The van der Waals surface area contributed by atoms with Gasteiger partial charge in [0.05, 0.1) is 18.8 Å². The van der Waals surface area contributed by atoms with E-state index in [1.807, 2.05) is 6.08 Å². The van der Waals surface area contributed by atoms with E-state index in [1.165, 1.54) is 148 Å². The van der Waals surface area contributed by atoms with Crippen molar-refractivity contribution in [1.82, 2.24) is 5.32 Å². The van der Waals surface area contributed by atoms with Gasteiger partial charge < -0.3 is 15.5 Å². The van der Waals surface area contributed by atoms with Crippen molar-refractivity contribution in [1.29, 1.82) is 0 Å². The highest BCUT2D eigenvalue weighted by atomic mass is 16.3. The van der Waals surface area contributed by atoms with Gasteiger partial charge in [-0.15, -0.1) is 0 Å². The molecule has 2 unspecified atom stereocenters. The van der Waals surface area contributed by atoms with Crippen molar-refractivity contribution in [2.45, 2.75) is 315 Å². The molecule has 480 valence electrons. The van der Waals surface area contributed by atoms with Crippen LogP contribution in [0.15, 0.2) is 182 Å². The van der Waals surface area contributed by atoms with Gasteiger partial charge in [-0.05, 0) is 135 Å². The number of nitrogens with one attached hydrogen (secondary N) is 1. The summed E-state index contributed by atoms with van der Waals surface area (Å²) in [7, 11) is 0. The molecule has 0 aliphatic rings. The van der Waals surface area contributed by atoms with Crippen LogP contribution in [-0.4, -0.2) is 34.9 Å². The first-order valence-corrected chi connectivity index (χ1v) is 35.5. The molecule has 0 aromatic rings. The zero-order chi connectivity index (χ0) is 61.2. The van der Waals surface area contributed by atoms with Crippen LogP contribution < -0.4 is 5.32 Å². The summed E-state index contributed by atoms with van der Waals surface area (Å²) in [5.74, 6) is -0.108. The average Bonchev–Trinajstić information content (AvgIpc) is 3.51. The summed E-state index contributed by atoms with van der Waals surface area (Å²) in [5.41, 5.74) is 0. The number of unbranched alkanes of at least 4 members (excludes halogenated alkanes) is 28. The molecule has 0 aliphatic carbocycles. The molecule has 4 nitrogen and oxygen atoms in total. The van der Waals surface area contributed by atoms with Gasteiger partial charge in [0.1, 0.15) is 0 Å². The van der Waals surface area contributed by atoms with E-state index >= 15 is 0 Å². The maximum atomic E-state index is 12.5. The van der Waals surface area contributed by atoms with Crippen LogP contribution in [0.5, 0.6) is 0 Å². The minimum Gasteiger partial charge on any atom is -0.394 e. The lowest BCUT2D eigenvalue weighted by atomic mass is 10.0. The number of hydrogen-bond donors (Lipinski definition) is 3. The summed E-state index contributed by atoms with van der Waals surface area (Å²) in [5, 5.41) is 23.2. The highest BCUT2D eigenvalue weighted by molar-refractivity contribution is 5.76. The number of aliphatic hydroxyl groups excluding tert-OH is 2. The lowest BCUT2D eigenvalue weighted by molar-refractivity contribution is -0.123. The Kier molecular flexibility index (Phi) is 69.8. The molecule has 0 saturated carbocycles. The van der Waals surface area contributed by atoms with Gasteiger partial charge in [0.15, 0.2) is 0 Å². The Morgan fingerprint density at radius 2 is 0.529 bits per heavy atom. The fourth-order valence-corrected chi connectivity index (χ4v) is 9.78. The molecule has 4 heteroatoms. The first-order valence-electron chi connectivity index (χ1n) is 35.5. The fourth-order valence-electron chi connectivity index (χ4n) is 9.78. The molecule has 0 spiro atoms. The van der Waals surface area contributed by atoms with E-state index in [0.29, 0.717) is 6.42 Å². The van der Waals surface area contributed by atoms with E-state index in [4.69, 9.17) is 0 Å². The molecule has 0 radical (unpaired) electrons. The van der Waals surface area contributed by atoms with Crippen molar-refractivity contribution >= 4 is 5.91 Å². The third-order valence-corrected chi connectivity index (χ3v) is 15.1. The molecule has 0 aromatic heterocycles. The topological polar surface area (TPSA) is 69.6 Å². The normalized spacial score (nSPS) is 13.9. The average molecular weight is 1170 g/mol. The number of carbonyl (C=O) groups excluding carboxylic acids is 1. The van der Waals surface area contributed by atoms with Crippen LogP contribution in [0.4, 0.5) is 0 Å². The first kappa shape index (κ1) is 80.5. The van der Waals surface area contributed by atoms with Crippen molar-refractivity contribution in [3.8, 4) is 0 Å². The molecule has 1 amide bonds. The molecule has 0 fully saturated rings. The fraction of sp³-hybridized carbons (Fsp3) is 0.617. The Bertz CT molecular complexity index is 1860. The number of rotatable bonds is 63. The van der Waals surface area contributed by atoms with Crippen molar-refractivity contribution in [3.63, 3.8) is 0 Å². The summed E-state index contributed by atoms with van der Waals surface area (Å²) < 4.78 is 0. The Morgan fingerprint density at radius 3 is 0.824 bits per heavy atom. The standard InChI is InChI=1S/C81H133NO3/c1-3-5-7-9-11-13-15-17-19-21-23-25-27-29-31-33-35-37-38-39-40-41-42-43-44-45-47-49-51-53-55-57-59-61-63-65-67-69-71-73-75-77-81(85)82-79(78-83)80(84)76-74-72-70-68-66-64-62-60-58-56-54-52-50-48-46-36-34-32-30-28-26-24-22-20-18-16-14-12-10-8-6-4-2/h5,7,11,13,17,19,23,25,29,31,35,37,39-40,42-43,45,47,51,53,57-60,63,65-66,68,74,76,79-80,83-84H,3-4,6,8-10,12,14-16,18,20-22,24,26-28,30,32-34,36,38,41,44,46,48-50,52,54-56,61-62,64,67,69-73,75,77-78H2,1-2H3,(H,82,85)/b7-5-,13-11-,19-17-,25-23-,31-29-,37-35-,40-39-,43-42-,47-45-,53-51-,59-57-,60-58+,65-63-,68-66+,76-74+. The van der Waals surface area contributed by atoms with Gasteiger partial charge in [-0.3, -0.25) is 4.79 Å². The maximum absolute atomic E-state index is 12.5. The number of aliphatic hydroxyl groups is 2. The Morgan fingerprint density at radius 1 is 0.294 bits per heavy atom. The molecule has 0 aliphatic heterocycles. The Labute approximate surface area is 527 Å². The monoisotopic (exact) mass is 1170 g/mol. The van der Waals surface area contributed by atoms with Gasteiger partial charge >= 0.3 is 0 Å². The summed E-state index contributed by atoms with van der Waals surface area (Å²) in [6.45, 7) is 4.18. The second-order valence-electron chi connectivity index (χ2n) is 23.2. The van der Waals surface area contributed by atoms with E-state index in [9.17, 15) is 15.0 Å². The molecule has 85 heavy (non-hydrogen) atoms. The van der Waals surface area contributed by atoms with Crippen LogP contribution in [0.1, 0.15) is 303 Å². The molecule has 0 rings (SSSR count). The van der Waals surface area contributed by atoms with Crippen LogP contribution in [0.2, 0.25) is 0 Å². The van der Waals surface area contributed by atoms with Crippen LogP contribution in [0.3, 0.4) is 0 Å². The maximum Gasteiger partial charge on any atom is 0.220 e. The largest absolute Gasteiger partial charge is 0.394 e. The zero-order valence-electron chi connectivity index (χ0n) is 55.3. The van der Waals surface area contributed by atoms with Gasteiger partial charge in [0.25, 0.3) is 0 Å². The lowest BCUT2D eigenvalue weighted by Crippen LogP contribution is -2.45. The van der Waals surface area contributed by atoms with E-state index in [2.05, 4.69) is 189 Å². The molecule has 0 saturated heterocycles. The summed E-state index contributed by atoms with van der Waals surface area (Å²) in [6, 6.07) is -0.676. The molecule has 2 atom stereocenters. The Hall–Kier alpha value is -4.51. The zero-order valence-corrected chi connectivity index (χ0v) is 55.3. The third-order valence-electron chi connectivity index (χ3n) is 15.1. The summed E-state index contributed by atoms with van der Waals surface area (Å²) >= 11 is 0. The predicted molar refractivity (Wildman–Crippen MR) is 381 cm³/mol. The molecule has 0 bridgehead atoms. The highest BCUT2D eigenvalue weighted by Crippen LogP contribution is 2.16. The van der Waals surface area contributed by atoms with Gasteiger partial charge in [0, 0.05) is 6.42 Å². The van der Waals surface area contributed by atoms with E-state index in [0.717, 1.165) is 135 Å². The van der Waals surface area contributed by atoms with Crippen LogP contribution in [0.25, 0.3) is 0 Å². The predicted octanol–water partition coefficient (Wildman–Crippen LogP) is 24.8. The highest BCUT2D eigenvalue weighted by Gasteiger charge is 2.18. The van der Waals surface area contributed by atoms with E-state index in [1.54, 1.807) is 6.08 Å². The molecule has 3 N–H and O–H groups in total. The minimum absolute atomic E-state index is 0.108. The minimum atomic E-state index is -0.897. The molecular formula is C81H133NO3. The van der Waals surface area contributed by atoms with Crippen LogP contribution >= 0.6 is 0 Å². The smallest absolute Gasteiger partial charge is 0.220 e. The number of carbonyl (C=O) groups is 1. The number of amides is 1. The van der Waals surface area contributed by atoms with Crippen molar-refractivity contribution < 1.29 is 15.0 Å². The van der Waals surface area contributed by atoms with Crippen LogP contribution in [-0.2, 0) is 4.79 Å². The van der Waals surface area contributed by atoms with Gasteiger partial charge in [-0.1, -0.05) is 344 Å². The van der Waals surface area contributed by atoms with Crippen molar-refractivity contribution in [3.05, 3.63) is 182 Å². The quantitative estimate of drug-likeness (QED) is 0.0420. The first-order chi connectivity index (χ1) is 42.2. The van der Waals surface area contributed by atoms with Crippen molar-refractivity contribution in [2.75, 3.05) is 6.61 Å². The second kappa shape index (κ2) is 73.7. The SMILES string of the molecule is CC/C=C\C/C=C\C/C=C\C/C=C\C/C=C\C/C=C\C/C=C\C/C=C\C/C=C\C/C=C\C/C=C\C/C=C\CCCCCCC(=O)NC(CO)C(O)/C=C/CC/C=C/CC/C=C/CCCCCCCCCCCCCCCCCCCCCCCC. The third kappa shape index (κ3) is 70.1. The molecule has 0 aromatic carbocycles. The molecular weight excluding hydrogens is 1030 g/mol. The number of hydrogen-bond acceptors (Lipinski definition) is 3. The summed E-state index contributed by atoms with van der Waals surface area (Å²) in [4.78, 5) is 12.5. The van der Waals surface area contributed by atoms with Crippen molar-refractivity contribution in [2.24, 2.45) is 0 Å². The summed E-state index contributed by atoms with van der Waals surface area (Å²) in [6.07, 6.45) is 120.